The minimum Gasteiger partial charge on any atom is -0.465 e. The monoisotopic (exact) mass is 215 g/mol. The topological polar surface area (TPSA) is 44.1 Å². The van der Waals surface area contributed by atoms with Gasteiger partial charge < -0.3 is 4.74 Å². The van der Waals surface area contributed by atoms with Gasteiger partial charge in [0.25, 0.3) is 0 Å². The van der Waals surface area contributed by atoms with Gasteiger partial charge in [0.1, 0.15) is 6.20 Å². The molecular formula is C12H11N2O2. The third-order valence-corrected chi connectivity index (χ3v) is 2.23. The SMILES string of the molecule is COC(=O)c1ccc(Cn2cc[c]n2)cc1. The van der Waals surface area contributed by atoms with E-state index in [1.807, 2.05) is 18.3 Å². The van der Waals surface area contributed by atoms with Crippen molar-refractivity contribution >= 4 is 5.97 Å². The van der Waals surface area contributed by atoms with Gasteiger partial charge in [-0.3, -0.25) is 4.68 Å². The Morgan fingerprint density at radius 3 is 2.75 bits per heavy atom. The molecule has 1 aromatic carbocycles. The minimum absolute atomic E-state index is 0.320. The number of hydrogen-bond donors (Lipinski definition) is 0. The molecule has 1 heterocycles. The third kappa shape index (κ3) is 2.28. The van der Waals surface area contributed by atoms with Crippen LogP contribution in [-0.2, 0) is 11.3 Å². The molecule has 16 heavy (non-hydrogen) atoms. The zero-order valence-electron chi connectivity index (χ0n) is 8.88. The first-order valence-electron chi connectivity index (χ1n) is 4.86. The Balaban J connectivity index is 2.10. The Kier molecular flexibility index (Phi) is 3.00. The molecule has 4 heteroatoms. The molecular weight excluding hydrogens is 204 g/mol. The Bertz CT molecular complexity index is 460. The standard InChI is InChI=1S/C12H11N2O2/c1-16-12(15)11-5-3-10(4-6-11)9-14-8-2-7-13-14/h2-6,8H,9H2,1H3. The number of nitrogens with zero attached hydrogens (tertiary/aromatic N) is 2. The second-order valence-electron chi connectivity index (χ2n) is 3.33. The van der Waals surface area contributed by atoms with Gasteiger partial charge in [-0.2, -0.15) is 5.10 Å². The van der Waals surface area contributed by atoms with E-state index < -0.39 is 0 Å². The second-order valence-corrected chi connectivity index (χ2v) is 3.33. The molecule has 0 aliphatic carbocycles. The molecule has 0 saturated carbocycles. The van der Waals surface area contributed by atoms with Crippen molar-refractivity contribution < 1.29 is 9.53 Å². The van der Waals surface area contributed by atoms with Gasteiger partial charge in [-0.15, -0.1) is 0 Å². The lowest BCUT2D eigenvalue weighted by molar-refractivity contribution is 0.0600. The summed E-state index contributed by atoms with van der Waals surface area (Å²) in [5.74, 6) is -0.320. The second kappa shape index (κ2) is 4.61. The van der Waals surface area contributed by atoms with E-state index in [1.54, 1.807) is 22.9 Å². The van der Waals surface area contributed by atoms with E-state index in [1.165, 1.54) is 7.11 Å². The first-order chi connectivity index (χ1) is 7.79. The predicted molar refractivity (Wildman–Crippen MR) is 57.9 cm³/mol. The van der Waals surface area contributed by atoms with Crippen LogP contribution in [0.4, 0.5) is 0 Å². The molecule has 0 fully saturated rings. The quantitative estimate of drug-likeness (QED) is 0.729. The summed E-state index contributed by atoms with van der Waals surface area (Å²) in [6.45, 7) is 0.672. The molecule has 0 aliphatic heterocycles. The van der Waals surface area contributed by atoms with E-state index in [-0.39, 0.29) is 5.97 Å². The van der Waals surface area contributed by atoms with Crippen LogP contribution in [0.15, 0.2) is 36.5 Å². The number of hydrogen-bond acceptors (Lipinski definition) is 3. The maximum absolute atomic E-state index is 11.2. The summed E-state index contributed by atoms with van der Waals surface area (Å²) < 4.78 is 6.39. The highest BCUT2D eigenvalue weighted by atomic mass is 16.5. The van der Waals surface area contributed by atoms with Gasteiger partial charge in [-0.25, -0.2) is 4.79 Å². The number of aromatic nitrogens is 2. The van der Waals surface area contributed by atoms with Gasteiger partial charge >= 0.3 is 5.97 Å². The number of carbonyl (C=O) groups excluding carboxylic acids is 1. The molecule has 4 nitrogen and oxygen atoms in total. The molecule has 2 aromatic rings. The average molecular weight is 215 g/mol. The van der Waals surface area contributed by atoms with Gasteiger partial charge in [0.2, 0.25) is 0 Å². The lowest BCUT2D eigenvalue weighted by atomic mass is 10.1. The van der Waals surface area contributed by atoms with Crippen LogP contribution in [-0.4, -0.2) is 22.9 Å². The van der Waals surface area contributed by atoms with Crippen molar-refractivity contribution in [3.63, 3.8) is 0 Å². The van der Waals surface area contributed by atoms with Crippen LogP contribution in [0.2, 0.25) is 0 Å². The zero-order chi connectivity index (χ0) is 11.4. The average Bonchev–Trinajstić information content (AvgIpc) is 2.82. The molecule has 2 rings (SSSR count). The highest BCUT2D eigenvalue weighted by Gasteiger charge is 2.04. The molecule has 0 atom stereocenters. The van der Waals surface area contributed by atoms with Gasteiger partial charge in [0.15, 0.2) is 0 Å². The van der Waals surface area contributed by atoms with Crippen molar-refractivity contribution in [2.75, 3.05) is 7.11 Å². The molecule has 0 bridgehead atoms. The van der Waals surface area contributed by atoms with Crippen LogP contribution < -0.4 is 0 Å². The third-order valence-electron chi connectivity index (χ3n) is 2.23. The van der Waals surface area contributed by atoms with Gasteiger partial charge in [0, 0.05) is 6.20 Å². The Hall–Kier alpha value is -2.10. The Labute approximate surface area is 93.5 Å². The number of carbonyl (C=O) groups is 1. The minimum atomic E-state index is -0.320. The normalized spacial score (nSPS) is 10.1. The molecule has 81 valence electrons. The van der Waals surface area contributed by atoms with Crippen molar-refractivity contribution in [1.82, 2.24) is 9.78 Å². The molecule has 0 unspecified atom stereocenters. The summed E-state index contributed by atoms with van der Waals surface area (Å²) in [5.41, 5.74) is 1.63. The number of ether oxygens (including phenoxy) is 1. The van der Waals surface area contributed by atoms with Crippen LogP contribution in [0.1, 0.15) is 15.9 Å². The van der Waals surface area contributed by atoms with Crippen molar-refractivity contribution in [3.05, 3.63) is 53.9 Å². The lowest BCUT2D eigenvalue weighted by Gasteiger charge is -2.03. The Morgan fingerprint density at radius 2 is 2.19 bits per heavy atom. The zero-order valence-corrected chi connectivity index (χ0v) is 8.88. The number of benzene rings is 1. The highest BCUT2D eigenvalue weighted by molar-refractivity contribution is 5.89. The summed E-state index contributed by atoms with van der Waals surface area (Å²) >= 11 is 0. The van der Waals surface area contributed by atoms with Crippen molar-refractivity contribution in [2.45, 2.75) is 6.54 Å². The molecule has 0 N–H and O–H groups in total. The lowest BCUT2D eigenvalue weighted by Crippen LogP contribution is -2.03. The number of methoxy groups -OCH3 is 1. The van der Waals surface area contributed by atoms with Gasteiger partial charge in [-0.1, -0.05) is 12.1 Å². The molecule has 1 aromatic heterocycles. The molecule has 0 saturated heterocycles. The van der Waals surface area contributed by atoms with E-state index >= 15 is 0 Å². The van der Waals surface area contributed by atoms with Crippen molar-refractivity contribution in [3.8, 4) is 0 Å². The molecule has 0 amide bonds. The van der Waals surface area contributed by atoms with E-state index in [0.717, 1.165) is 5.56 Å². The fraction of sp³-hybridized carbons (Fsp3) is 0.167. The summed E-state index contributed by atoms with van der Waals surface area (Å²) in [6.07, 6.45) is 4.57. The van der Waals surface area contributed by atoms with Crippen LogP contribution in [0.25, 0.3) is 0 Å². The Morgan fingerprint density at radius 1 is 1.44 bits per heavy atom. The van der Waals surface area contributed by atoms with E-state index in [9.17, 15) is 4.79 Å². The van der Waals surface area contributed by atoms with Crippen molar-refractivity contribution in [2.24, 2.45) is 0 Å². The highest BCUT2D eigenvalue weighted by Crippen LogP contribution is 2.06. The fourth-order valence-electron chi connectivity index (χ4n) is 1.40. The fourth-order valence-corrected chi connectivity index (χ4v) is 1.40. The van der Waals surface area contributed by atoms with Gasteiger partial charge in [0.05, 0.1) is 19.2 Å². The maximum Gasteiger partial charge on any atom is 0.337 e. The predicted octanol–water partition coefficient (Wildman–Crippen LogP) is 1.52. The van der Waals surface area contributed by atoms with Crippen molar-refractivity contribution in [1.29, 1.82) is 0 Å². The van der Waals surface area contributed by atoms with Gasteiger partial charge in [-0.05, 0) is 23.8 Å². The van der Waals surface area contributed by atoms with Crippen LogP contribution in [0.3, 0.4) is 0 Å². The molecule has 1 radical (unpaired) electrons. The summed E-state index contributed by atoms with van der Waals surface area (Å²) in [4.78, 5) is 11.2. The van der Waals surface area contributed by atoms with E-state index in [4.69, 9.17) is 0 Å². The van der Waals surface area contributed by atoms with E-state index in [0.29, 0.717) is 12.1 Å². The first kappa shape index (κ1) is 10.4. The summed E-state index contributed by atoms with van der Waals surface area (Å²) in [7, 11) is 1.37. The molecule has 0 aliphatic rings. The number of rotatable bonds is 3. The first-order valence-corrected chi connectivity index (χ1v) is 4.86. The van der Waals surface area contributed by atoms with Crippen LogP contribution >= 0.6 is 0 Å². The summed E-state index contributed by atoms with van der Waals surface area (Å²) in [5, 5.41) is 3.99. The smallest absolute Gasteiger partial charge is 0.337 e. The largest absolute Gasteiger partial charge is 0.465 e. The molecule has 0 spiro atoms. The number of esters is 1. The van der Waals surface area contributed by atoms with Crippen LogP contribution in [0.5, 0.6) is 0 Å². The van der Waals surface area contributed by atoms with E-state index in [2.05, 4.69) is 16.0 Å². The maximum atomic E-state index is 11.2. The summed E-state index contributed by atoms with van der Waals surface area (Å²) in [6, 6.07) is 9.01. The van der Waals surface area contributed by atoms with Crippen LogP contribution in [0, 0.1) is 6.20 Å².